The maximum atomic E-state index is 12.5. The standard InChI is InChI=1S/C13H18BrNO2S/c1-17-11-7-12(18-9-11)13(16)15-6-4-2-3-5-10(15)8-14/h7,9-10H,2-6,8H2,1H3. The van der Waals surface area contributed by atoms with E-state index < -0.39 is 0 Å². The Morgan fingerprint density at radius 1 is 1.56 bits per heavy atom. The minimum absolute atomic E-state index is 0.148. The van der Waals surface area contributed by atoms with Crippen LogP contribution >= 0.6 is 27.3 Å². The third-order valence-electron chi connectivity index (χ3n) is 3.34. The molecule has 1 aliphatic heterocycles. The lowest BCUT2D eigenvalue weighted by atomic mass is 10.1. The number of amides is 1. The molecule has 1 unspecified atom stereocenters. The van der Waals surface area contributed by atoms with Crippen molar-refractivity contribution in [3.05, 3.63) is 16.3 Å². The van der Waals surface area contributed by atoms with Gasteiger partial charge in [0.1, 0.15) is 5.75 Å². The Balaban J connectivity index is 2.14. The first-order chi connectivity index (χ1) is 8.76. The van der Waals surface area contributed by atoms with Gasteiger partial charge < -0.3 is 9.64 Å². The molecule has 1 fully saturated rings. The summed E-state index contributed by atoms with van der Waals surface area (Å²) in [6.07, 6.45) is 4.64. The van der Waals surface area contributed by atoms with Crippen molar-refractivity contribution in [2.75, 3.05) is 19.0 Å². The lowest BCUT2D eigenvalue weighted by molar-refractivity contribution is 0.0707. The first-order valence-electron chi connectivity index (χ1n) is 6.25. The fraction of sp³-hybridized carbons (Fsp3) is 0.615. The molecule has 1 atom stereocenters. The topological polar surface area (TPSA) is 29.5 Å². The van der Waals surface area contributed by atoms with Crippen LogP contribution in [-0.4, -0.2) is 35.8 Å². The molecule has 100 valence electrons. The molecule has 2 heterocycles. The fourth-order valence-corrected chi connectivity index (χ4v) is 3.77. The molecule has 0 spiro atoms. The van der Waals surface area contributed by atoms with Gasteiger partial charge in [0.05, 0.1) is 12.0 Å². The zero-order valence-electron chi connectivity index (χ0n) is 10.5. The van der Waals surface area contributed by atoms with E-state index in [0.29, 0.717) is 6.04 Å². The first-order valence-corrected chi connectivity index (χ1v) is 8.26. The van der Waals surface area contributed by atoms with Gasteiger partial charge in [-0.05, 0) is 12.8 Å². The second-order valence-corrected chi connectivity index (χ2v) is 6.07. The maximum Gasteiger partial charge on any atom is 0.264 e. The molecular weight excluding hydrogens is 314 g/mol. The van der Waals surface area contributed by atoms with Gasteiger partial charge in [0.25, 0.3) is 5.91 Å². The zero-order chi connectivity index (χ0) is 13.0. The van der Waals surface area contributed by atoms with Crippen molar-refractivity contribution in [3.63, 3.8) is 0 Å². The molecule has 1 aromatic rings. The highest BCUT2D eigenvalue weighted by atomic mass is 79.9. The lowest BCUT2D eigenvalue weighted by Crippen LogP contribution is -2.40. The van der Waals surface area contributed by atoms with E-state index in [0.717, 1.165) is 35.3 Å². The summed E-state index contributed by atoms with van der Waals surface area (Å²) < 4.78 is 5.14. The third-order valence-corrected chi connectivity index (χ3v) is 4.98. The molecule has 5 heteroatoms. The summed E-state index contributed by atoms with van der Waals surface area (Å²) in [6, 6.07) is 2.16. The molecule has 0 radical (unpaired) electrons. The van der Waals surface area contributed by atoms with Crippen LogP contribution < -0.4 is 4.74 Å². The summed E-state index contributed by atoms with van der Waals surface area (Å²) in [5.41, 5.74) is 0. The minimum atomic E-state index is 0.148. The number of rotatable bonds is 3. The van der Waals surface area contributed by atoms with Crippen LogP contribution in [0, 0.1) is 0 Å². The normalized spacial score (nSPS) is 20.6. The smallest absolute Gasteiger partial charge is 0.264 e. The van der Waals surface area contributed by atoms with Crippen LogP contribution in [0.5, 0.6) is 5.75 Å². The van der Waals surface area contributed by atoms with Gasteiger partial charge in [-0.3, -0.25) is 4.79 Å². The first kappa shape index (κ1) is 13.9. The van der Waals surface area contributed by atoms with Crippen LogP contribution in [0.15, 0.2) is 11.4 Å². The molecule has 0 N–H and O–H groups in total. The van der Waals surface area contributed by atoms with Crippen molar-refractivity contribution in [1.29, 1.82) is 0 Å². The van der Waals surface area contributed by atoms with Crippen molar-refractivity contribution in [3.8, 4) is 5.75 Å². The summed E-state index contributed by atoms with van der Waals surface area (Å²) in [5.74, 6) is 0.920. The monoisotopic (exact) mass is 331 g/mol. The van der Waals surface area contributed by atoms with Crippen molar-refractivity contribution in [2.45, 2.75) is 31.7 Å². The average Bonchev–Trinajstić information content (AvgIpc) is 2.75. The molecule has 0 bridgehead atoms. The lowest BCUT2D eigenvalue weighted by Gasteiger charge is -2.28. The van der Waals surface area contributed by atoms with Crippen LogP contribution in [0.2, 0.25) is 0 Å². The van der Waals surface area contributed by atoms with Gasteiger partial charge in [-0.1, -0.05) is 28.8 Å². The molecule has 1 saturated heterocycles. The molecule has 1 aliphatic rings. The highest BCUT2D eigenvalue weighted by molar-refractivity contribution is 9.09. The number of hydrogen-bond donors (Lipinski definition) is 0. The number of alkyl halides is 1. The van der Waals surface area contributed by atoms with E-state index in [1.807, 2.05) is 16.3 Å². The summed E-state index contributed by atoms with van der Waals surface area (Å²) in [4.78, 5) is 15.3. The Kier molecular flexibility index (Phi) is 5.06. The van der Waals surface area contributed by atoms with E-state index in [1.165, 1.54) is 24.2 Å². The summed E-state index contributed by atoms with van der Waals surface area (Å²) in [7, 11) is 1.63. The highest BCUT2D eigenvalue weighted by Crippen LogP contribution is 2.26. The number of thiophene rings is 1. The van der Waals surface area contributed by atoms with Crippen LogP contribution in [0.3, 0.4) is 0 Å². The number of carbonyl (C=O) groups is 1. The van der Waals surface area contributed by atoms with Gasteiger partial charge in [0.2, 0.25) is 0 Å². The number of methoxy groups -OCH3 is 1. The van der Waals surface area contributed by atoms with E-state index in [4.69, 9.17) is 4.74 Å². The Morgan fingerprint density at radius 3 is 3.06 bits per heavy atom. The molecule has 0 saturated carbocycles. The molecule has 1 aromatic heterocycles. The Bertz CT molecular complexity index is 407. The highest BCUT2D eigenvalue weighted by Gasteiger charge is 2.26. The molecule has 3 nitrogen and oxygen atoms in total. The largest absolute Gasteiger partial charge is 0.496 e. The van der Waals surface area contributed by atoms with Crippen molar-refractivity contribution in [1.82, 2.24) is 4.90 Å². The number of halogens is 1. The molecular formula is C13H18BrNO2S. The van der Waals surface area contributed by atoms with Gasteiger partial charge >= 0.3 is 0 Å². The van der Waals surface area contributed by atoms with Gasteiger partial charge in [0.15, 0.2) is 0 Å². The number of carbonyl (C=O) groups excluding carboxylic acids is 1. The molecule has 2 rings (SSSR count). The van der Waals surface area contributed by atoms with E-state index in [9.17, 15) is 4.79 Å². The minimum Gasteiger partial charge on any atom is -0.496 e. The zero-order valence-corrected chi connectivity index (χ0v) is 12.9. The predicted molar refractivity (Wildman–Crippen MR) is 78.0 cm³/mol. The predicted octanol–water partition coefficient (Wildman–Crippen LogP) is 3.54. The maximum absolute atomic E-state index is 12.5. The van der Waals surface area contributed by atoms with Crippen LogP contribution in [0.25, 0.3) is 0 Å². The van der Waals surface area contributed by atoms with E-state index in [1.54, 1.807) is 7.11 Å². The van der Waals surface area contributed by atoms with Crippen LogP contribution in [0.4, 0.5) is 0 Å². The molecule has 0 aromatic carbocycles. The van der Waals surface area contributed by atoms with E-state index >= 15 is 0 Å². The number of nitrogens with zero attached hydrogens (tertiary/aromatic N) is 1. The second-order valence-electron chi connectivity index (χ2n) is 4.51. The molecule has 18 heavy (non-hydrogen) atoms. The van der Waals surface area contributed by atoms with Crippen LogP contribution in [-0.2, 0) is 0 Å². The summed E-state index contributed by atoms with van der Waals surface area (Å²) >= 11 is 4.99. The van der Waals surface area contributed by atoms with Gasteiger partial charge in [-0.25, -0.2) is 0 Å². The Morgan fingerprint density at radius 2 is 2.39 bits per heavy atom. The molecule has 1 amide bonds. The van der Waals surface area contributed by atoms with Gasteiger partial charge in [-0.15, -0.1) is 11.3 Å². The number of likely N-dealkylation sites (tertiary alicyclic amines) is 1. The van der Waals surface area contributed by atoms with Crippen molar-refractivity contribution < 1.29 is 9.53 Å². The van der Waals surface area contributed by atoms with Crippen molar-refractivity contribution in [2.24, 2.45) is 0 Å². The van der Waals surface area contributed by atoms with Gasteiger partial charge in [0, 0.05) is 29.4 Å². The Hall–Kier alpha value is -0.550. The number of hydrogen-bond acceptors (Lipinski definition) is 3. The van der Waals surface area contributed by atoms with Crippen LogP contribution in [0.1, 0.15) is 35.4 Å². The van der Waals surface area contributed by atoms with Gasteiger partial charge in [-0.2, -0.15) is 0 Å². The Labute approximate surface area is 120 Å². The average molecular weight is 332 g/mol. The summed E-state index contributed by atoms with van der Waals surface area (Å²) in [5, 5.41) is 2.75. The van der Waals surface area contributed by atoms with Crippen molar-refractivity contribution >= 4 is 33.2 Å². The van der Waals surface area contributed by atoms with E-state index in [-0.39, 0.29) is 5.91 Å². The fourth-order valence-electron chi connectivity index (χ4n) is 2.28. The number of ether oxygens (including phenoxy) is 1. The third kappa shape index (κ3) is 3.06. The summed E-state index contributed by atoms with van der Waals surface area (Å²) in [6.45, 7) is 0.870. The van der Waals surface area contributed by atoms with E-state index in [2.05, 4.69) is 15.9 Å². The molecule has 0 aliphatic carbocycles. The second kappa shape index (κ2) is 6.57. The SMILES string of the molecule is COc1csc(C(=O)N2CCCCCC2CBr)c1. The quantitative estimate of drug-likeness (QED) is 0.793.